The fraction of sp³-hybridized carbons (Fsp3) is 0.308. The minimum Gasteiger partial charge on any atom is -0.485 e. The number of halogens is 1. The third-order valence-electron chi connectivity index (χ3n) is 2.66. The number of hydrogen-bond donors (Lipinski definition) is 1. The van der Waals surface area contributed by atoms with Crippen molar-refractivity contribution in [3.8, 4) is 5.75 Å². The van der Waals surface area contributed by atoms with E-state index in [0.29, 0.717) is 0 Å². The molecule has 0 spiro atoms. The molecule has 0 fully saturated rings. The summed E-state index contributed by atoms with van der Waals surface area (Å²) in [5.74, 6) is -1.54. The van der Waals surface area contributed by atoms with Gasteiger partial charge in [0.05, 0.1) is 0 Å². The molecule has 90 valence electrons. The number of ether oxygens (including phenoxy) is 1. The molecule has 1 unspecified atom stereocenters. The van der Waals surface area contributed by atoms with Crippen molar-refractivity contribution in [1.29, 1.82) is 0 Å². The molecule has 3 nitrogen and oxygen atoms in total. The van der Waals surface area contributed by atoms with Crippen LogP contribution in [0.4, 0.5) is 4.39 Å². The molecule has 0 heterocycles. The van der Waals surface area contributed by atoms with E-state index >= 15 is 0 Å². The molecule has 1 aromatic carbocycles. The molecule has 1 aliphatic carbocycles. The summed E-state index contributed by atoms with van der Waals surface area (Å²) in [6.07, 6.45) is 6.70. The SMILES string of the molecule is O=C(O)c1cc(F)ccc1OC1C=CCCC1. The van der Waals surface area contributed by atoms with Crippen LogP contribution in [0.5, 0.6) is 5.75 Å². The van der Waals surface area contributed by atoms with Crippen LogP contribution in [-0.2, 0) is 0 Å². The predicted molar refractivity (Wildman–Crippen MR) is 60.8 cm³/mol. The van der Waals surface area contributed by atoms with E-state index in [1.54, 1.807) is 0 Å². The Balaban J connectivity index is 2.22. The second-order valence-electron chi connectivity index (χ2n) is 3.96. The van der Waals surface area contributed by atoms with Crippen LogP contribution in [0.3, 0.4) is 0 Å². The van der Waals surface area contributed by atoms with Gasteiger partial charge < -0.3 is 9.84 Å². The van der Waals surface area contributed by atoms with E-state index in [9.17, 15) is 9.18 Å². The van der Waals surface area contributed by atoms with Crippen molar-refractivity contribution in [3.63, 3.8) is 0 Å². The largest absolute Gasteiger partial charge is 0.485 e. The number of carboxylic acid groups (broad SMARTS) is 1. The molecule has 17 heavy (non-hydrogen) atoms. The number of benzene rings is 1. The Morgan fingerprint density at radius 3 is 2.94 bits per heavy atom. The summed E-state index contributed by atoms with van der Waals surface area (Å²) in [6.45, 7) is 0. The molecule has 0 bridgehead atoms. The molecule has 1 aromatic rings. The first-order valence-electron chi connectivity index (χ1n) is 5.53. The minimum atomic E-state index is -1.18. The number of carboxylic acids is 1. The van der Waals surface area contributed by atoms with Gasteiger partial charge in [-0.1, -0.05) is 6.08 Å². The second kappa shape index (κ2) is 4.99. The second-order valence-corrected chi connectivity index (χ2v) is 3.96. The Kier molecular flexibility index (Phi) is 3.42. The van der Waals surface area contributed by atoms with E-state index in [4.69, 9.17) is 9.84 Å². The van der Waals surface area contributed by atoms with Gasteiger partial charge in [-0.15, -0.1) is 0 Å². The monoisotopic (exact) mass is 236 g/mol. The highest BCUT2D eigenvalue weighted by molar-refractivity contribution is 5.90. The van der Waals surface area contributed by atoms with E-state index in [1.807, 2.05) is 12.2 Å². The van der Waals surface area contributed by atoms with Gasteiger partial charge in [-0.2, -0.15) is 0 Å². The summed E-state index contributed by atoms with van der Waals surface area (Å²) < 4.78 is 18.5. The van der Waals surface area contributed by atoms with Crippen LogP contribution in [0, 0.1) is 5.82 Å². The van der Waals surface area contributed by atoms with E-state index in [0.717, 1.165) is 25.3 Å². The van der Waals surface area contributed by atoms with E-state index in [1.165, 1.54) is 12.1 Å². The Morgan fingerprint density at radius 2 is 2.29 bits per heavy atom. The molecule has 2 rings (SSSR count). The van der Waals surface area contributed by atoms with Gasteiger partial charge >= 0.3 is 5.97 Å². The van der Waals surface area contributed by atoms with Gasteiger partial charge in [0.25, 0.3) is 0 Å². The summed E-state index contributed by atoms with van der Waals surface area (Å²) in [5, 5.41) is 8.95. The molecule has 0 aromatic heterocycles. The van der Waals surface area contributed by atoms with Gasteiger partial charge in [0, 0.05) is 0 Å². The van der Waals surface area contributed by atoms with Crippen LogP contribution >= 0.6 is 0 Å². The van der Waals surface area contributed by atoms with E-state index in [-0.39, 0.29) is 17.4 Å². The number of aromatic carboxylic acids is 1. The summed E-state index contributed by atoms with van der Waals surface area (Å²) in [5.41, 5.74) is -0.135. The van der Waals surface area contributed by atoms with Crippen LogP contribution in [0.25, 0.3) is 0 Å². The molecule has 0 amide bonds. The fourth-order valence-electron chi connectivity index (χ4n) is 1.81. The molecular formula is C13H13FO3. The third kappa shape index (κ3) is 2.84. The van der Waals surface area contributed by atoms with Gasteiger partial charge in [-0.25, -0.2) is 9.18 Å². The molecule has 4 heteroatoms. The van der Waals surface area contributed by atoms with Crippen molar-refractivity contribution in [2.75, 3.05) is 0 Å². The number of carbonyl (C=O) groups is 1. The van der Waals surface area contributed by atoms with Crippen molar-refractivity contribution < 1.29 is 19.0 Å². The molecule has 1 N–H and O–H groups in total. The average Bonchev–Trinajstić information content (AvgIpc) is 2.32. The van der Waals surface area contributed by atoms with Crippen molar-refractivity contribution in [3.05, 3.63) is 41.7 Å². The highest BCUT2D eigenvalue weighted by Gasteiger charge is 2.16. The zero-order valence-electron chi connectivity index (χ0n) is 9.23. The van der Waals surface area contributed by atoms with Crippen LogP contribution in [0.1, 0.15) is 29.6 Å². The molecule has 0 aliphatic heterocycles. The van der Waals surface area contributed by atoms with Crippen LogP contribution in [0.15, 0.2) is 30.4 Å². The van der Waals surface area contributed by atoms with Gasteiger partial charge in [-0.3, -0.25) is 0 Å². The molecule has 1 atom stereocenters. The average molecular weight is 236 g/mol. The highest BCUT2D eigenvalue weighted by atomic mass is 19.1. The van der Waals surface area contributed by atoms with E-state index in [2.05, 4.69) is 0 Å². The first-order valence-corrected chi connectivity index (χ1v) is 5.53. The van der Waals surface area contributed by atoms with Gasteiger partial charge in [0.1, 0.15) is 23.2 Å². The summed E-state index contributed by atoms with van der Waals surface area (Å²) in [7, 11) is 0. The summed E-state index contributed by atoms with van der Waals surface area (Å²) in [4.78, 5) is 11.0. The van der Waals surface area contributed by atoms with Gasteiger partial charge in [-0.05, 0) is 43.5 Å². The van der Waals surface area contributed by atoms with Gasteiger partial charge in [0.15, 0.2) is 0 Å². The Bertz CT molecular complexity index is 454. The lowest BCUT2D eigenvalue weighted by Crippen LogP contribution is -2.17. The van der Waals surface area contributed by atoms with Crippen molar-refractivity contribution in [2.45, 2.75) is 25.4 Å². The quantitative estimate of drug-likeness (QED) is 0.820. The fourth-order valence-corrected chi connectivity index (χ4v) is 1.81. The maximum absolute atomic E-state index is 13.0. The first-order chi connectivity index (χ1) is 8.16. The lowest BCUT2D eigenvalue weighted by atomic mass is 10.1. The van der Waals surface area contributed by atoms with Gasteiger partial charge in [0.2, 0.25) is 0 Å². The third-order valence-corrected chi connectivity index (χ3v) is 2.66. The molecule has 0 saturated carbocycles. The Morgan fingerprint density at radius 1 is 1.47 bits per heavy atom. The molecule has 0 radical (unpaired) electrons. The zero-order chi connectivity index (χ0) is 12.3. The summed E-state index contributed by atoms with van der Waals surface area (Å²) in [6, 6.07) is 3.54. The first kappa shape index (κ1) is 11.6. The Hall–Kier alpha value is -1.84. The van der Waals surface area contributed by atoms with Crippen molar-refractivity contribution in [1.82, 2.24) is 0 Å². The molecular weight excluding hydrogens is 223 g/mol. The number of allylic oxidation sites excluding steroid dienone is 1. The lowest BCUT2D eigenvalue weighted by Gasteiger charge is -2.19. The maximum Gasteiger partial charge on any atom is 0.339 e. The topological polar surface area (TPSA) is 46.5 Å². The van der Waals surface area contributed by atoms with Crippen molar-refractivity contribution >= 4 is 5.97 Å². The highest BCUT2D eigenvalue weighted by Crippen LogP contribution is 2.24. The van der Waals surface area contributed by atoms with Crippen LogP contribution < -0.4 is 4.74 Å². The summed E-state index contributed by atoms with van der Waals surface area (Å²) >= 11 is 0. The minimum absolute atomic E-state index is 0.118. The molecule has 0 saturated heterocycles. The maximum atomic E-state index is 13.0. The van der Waals surface area contributed by atoms with Crippen molar-refractivity contribution in [2.24, 2.45) is 0 Å². The number of rotatable bonds is 3. The number of hydrogen-bond acceptors (Lipinski definition) is 2. The smallest absolute Gasteiger partial charge is 0.339 e. The van der Waals surface area contributed by atoms with E-state index < -0.39 is 11.8 Å². The predicted octanol–water partition coefficient (Wildman–Crippen LogP) is 3.01. The van der Waals surface area contributed by atoms with Crippen LogP contribution in [0.2, 0.25) is 0 Å². The molecule has 1 aliphatic rings. The van der Waals surface area contributed by atoms with Crippen LogP contribution in [-0.4, -0.2) is 17.2 Å². The standard InChI is InChI=1S/C13H13FO3/c14-9-6-7-12(11(8-9)13(15)16)17-10-4-2-1-3-5-10/h2,4,6-8,10H,1,3,5H2,(H,15,16). The Labute approximate surface area is 98.5 Å². The normalized spacial score (nSPS) is 19.0. The zero-order valence-corrected chi connectivity index (χ0v) is 9.23. The lowest BCUT2D eigenvalue weighted by molar-refractivity contribution is 0.0689.